The number of morpholine rings is 1. The molecule has 152 valence electrons. The highest BCUT2D eigenvalue weighted by Gasteiger charge is 2.24. The van der Waals surface area contributed by atoms with E-state index in [9.17, 15) is 10.3 Å². The third kappa shape index (κ3) is 3.28. The largest absolute Gasteiger partial charge is 0.618 e. The lowest BCUT2D eigenvalue weighted by atomic mass is 10.1. The molecule has 0 amide bonds. The summed E-state index contributed by atoms with van der Waals surface area (Å²) in [6.45, 7) is 3.86. The fourth-order valence-electron chi connectivity index (χ4n) is 4.05. The molecule has 1 aromatic carbocycles. The van der Waals surface area contributed by atoms with E-state index in [4.69, 9.17) is 4.74 Å². The minimum absolute atomic E-state index is 0.0229. The fraction of sp³-hybridized carbons (Fsp3) is 0.217. The normalized spacial score (nSPS) is 14.9. The van der Waals surface area contributed by atoms with Gasteiger partial charge in [0.1, 0.15) is 5.56 Å². The molecule has 0 aliphatic carbocycles. The Balaban J connectivity index is 1.59. The molecule has 3 aromatic heterocycles. The van der Waals surface area contributed by atoms with Gasteiger partial charge in [0.2, 0.25) is 11.6 Å². The third-order valence-corrected chi connectivity index (χ3v) is 5.50. The maximum Gasteiger partial charge on any atom is 0.229 e. The number of benzene rings is 1. The minimum atomic E-state index is 0.0229. The number of hydrogen-bond donors (Lipinski definition) is 1. The molecule has 1 saturated heterocycles. The van der Waals surface area contributed by atoms with Crippen LogP contribution >= 0.6 is 0 Å². The van der Waals surface area contributed by atoms with Crippen molar-refractivity contribution >= 4 is 10.9 Å². The standard InChI is InChI=1S/C23H22N4O3/c28-23-22(19-5-1-2-6-20(19)27(23)18-4-3-9-24-14-18)21-8-7-17(16-26(21)29)15-25-10-12-30-13-11-25/h1-9,14,16,28H,10-13,15H2. The summed E-state index contributed by atoms with van der Waals surface area (Å²) in [6, 6.07) is 15.1. The van der Waals surface area contributed by atoms with Crippen LogP contribution in [-0.2, 0) is 11.3 Å². The lowest BCUT2D eigenvalue weighted by Gasteiger charge is -2.26. The maximum absolute atomic E-state index is 13.0. The zero-order valence-electron chi connectivity index (χ0n) is 16.4. The molecule has 4 aromatic rings. The van der Waals surface area contributed by atoms with Crippen LogP contribution in [0.3, 0.4) is 0 Å². The van der Waals surface area contributed by atoms with Crippen LogP contribution in [0.15, 0.2) is 67.1 Å². The molecule has 4 heterocycles. The highest BCUT2D eigenvalue weighted by Crippen LogP contribution is 2.39. The summed E-state index contributed by atoms with van der Waals surface area (Å²) in [5.74, 6) is 0.0229. The van der Waals surface area contributed by atoms with Gasteiger partial charge in [-0.1, -0.05) is 18.2 Å². The Bertz CT molecular complexity index is 1180. The molecule has 0 radical (unpaired) electrons. The quantitative estimate of drug-likeness (QED) is 0.420. The number of para-hydroxylation sites is 1. The summed E-state index contributed by atoms with van der Waals surface area (Å²) >= 11 is 0. The van der Waals surface area contributed by atoms with Gasteiger partial charge in [-0.3, -0.25) is 14.5 Å². The van der Waals surface area contributed by atoms with Crippen molar-refractivity contribution in [2.75, 3.05) is 26.3 Å². The summed E-state index contributed by atoms with van der Waals surface area (Å²) in [5, 5.41) is 24.9. The van der Waals surface area contributed by atoms with Gasteiger partial charge in [0.25, 0.3) is 0 Å². The molecule has 7 heteroatoms. The average Bonchev–Trinajstić information content (AvgIpc) is 3.07. The van der Waals surface area contributed by atoms with Crippen LogP contribution in [-0.4, -0.2) is 45.9 Å². The van der Waals surface area contributed by atoms with Crippen LogP contribution in [0.1, 0.15) is 5.56 Å². The van der Waals surface area contributed by atoms with E-state index in [2.05, 4.69) is 9.88 Å². The van der Waals surface area contributed by atoms with Crippen molar-refractivity contribution in [3.05, 3.63) is 77.9 Å². The number of nitrogens with zero attached hydrogens (tertiary/aromatic N) is 4. The van der Waals surface area contributed by atoms with E-state index in [0.717, 1.165) is 53.2 Å². The van der Waals surface area contributed by atoms with E-state index in [-0.39, 0.29) is 5.88 Å². The molecule has 0 unspecified atom stereocenters. The molecule has 1 aliphatic heterocycles. The highest BCUT2D eigenvalue weighted by molar-refractivity contribution is 5.99. The predicted octanol–water partition coefficient (Wildman–Crippen LogP) is 2.86. The van der Waals surface area contributed by atoms with Crippen molar-refractivity contribution in [2.45, 2.75) is 6.54 Å². The Morgan fingerprint density at radius 3 is 2.67 bits per heavy atom. The SMILES string of the molecule is [O-][n+]1cc(CN2CCOCC2)ccc1-c1c(O)n(-c2cccnc2)c2ccccc12. The van der Waals surface area contributed by atoms with Gasteiger partial charge in [-0.05, 0) is 24.3 Å². The average molecular weight is 402 g/mol. The number of hydrogen-bond acceptors (Lipinski definition) is 5. The Morgan fingerprint density at radius 2 is 1.90 bits per heavy atom. The van der Waals surface area contributed by atoms with Crippen molar-refractivity contribution < 1.29 is 14.6 Å². The number of fused-ring (bicyclic) bond motifs is 1. The van der Waals surface area contributed by atoms with Gasteiger partial charge in [-0.15, -0.1) is 0 Å². The molecule has 30 heavy (non-hydrogen) atoms. The molecule has 1 N–H and O–H groups in total. The molecule has 0 bridgehead atoms. The number of rotatable bonds is 4. The third-order valence-electron chi connectivity index (χ3n) is 5.50. The molecule has 1 aliphatic rings. The van der Waals surface area contributed by atoms with Gasteiger partial charge in [0, 0.05) is 42.8 Å². The summed E-state index contributed by atoms with van der Waals surface area (Å²) in [7, 11) is 0. The van der Waals surface area contributed by atoms with Gasteiger partial charge >= 0.3 is 0 Å². The van der Waals surface area contributed by atoms with Crippen LogP contribution in [0.4, 0.5) is 0 Å². The number of aromatic nitrogens is 3. The van der Waals surface area contributed by atoms with Gasteiger partial charge in [-0.25, -0.2) is 0 Å². The molecule has 0 saturated carbocycles. The summed E-state index contributed by atoms with van der Waals surface area (Å²) < 4.78 is 7.96. The minimum Gasteiger partial charge on any atom is -0.618 e. The summed E-state index contributed by atoms with van der Waals surface area (Å²) in [4.78, 5) is 6.43. The first-order valence-corrected chi connectivity index (χ1v) is 9.98. The molecule has 0 atom stereocenters. The topological polar surface area (TPSA) is 77.5 Å². The zero-order valence-corrected chi connectivity index (χ0v) is 16.4. The molecule has 5 rings (SSSR count). The second kappa shape index (κ2) is 7.78. The summed E-state index contributed by atoms with van der Waals surface area (Å²) in [5.41, 5.74) is 3.42. The van der Waals surface area contributed by atoms with Crippen molar-refractivity contribution in [2.24, 2.45) is 0 Å². The van der Waals surface area contributed by atoms with Crippen molar-refractivity contribution in [3.8, 4) is 22.8 Å². The van der Waals surface area contributed by atoms with Gasteiger partial charge in [0.15, 0.2) is 6.20 Å². The van der Waals surface area contributed by atoms with E-state index in [1.165, 1.54) is 0 Å². The predicted molar refractivity (Wildman–Crippen MR) is 113 cm³/mol. The number of pyridine rings is 2. The molecular weight excluding hydrogens is 380 g/mol. The Hall–Kier alpha value is -3.42. The summed E-state index contributed by atoms with van der Waals surface area (Å²) in [6.07, 6.45) is 4.97. The van der Waals surface area contributed by atoms with Crippen LogP contribution in [0, 0.1) is 5.21 Å². The second-order valence-electron chi connectivity index (χ2n) is 7.40. The Labute approximate surface area is 174 Å². The first kappa shape index (κ1) is 18.6. The van der Waals surface area contributed by atoms with E-state index < -0.39 is 0 Å². The number of aromatic hydroxyl groups is 1. The molecule has 0 spiro atoms. The molecule has 1 fully saturated rings. The second-order valence-corrected chi connectivity index (χ2v) is 7.40. The van der Waals surface area contributed by atoms with Crippen molar-refractivity contribution in [1.29, 1.82) is 0 Å². The monoisotopic (exact) mass is 402 g/mol. The van der Waals surface area contributed by atoms with Crippen molar-refractivity contribution in [1.82, 2.24) is 14.5 Å². The van der Waals surface area contributed by atoms with Gasteiger partial charge < -0.3 is 15.1 Å². The smallest absolute Gasteiger partial charge is 0.229 e. The van der Waals surface area contributed by atoms with Crippen molar-refractivity contribution in [3.63, 3.8) is 0 Å². The van der Waals surface area contributed by atoms with Crippen LogP contribution in [0.5, 0.6) is 5.88 Å². The zero-order chi connectivity index (χ0) is 20.5. The first-order chi connectivity index (χ1) is 14.7. The van der Waals surface area contributed by atoms with Crippen LogP contribution < -0.4 is 4.73 Å². The molecule has 7 nitrogen and oxygen atoms in total. The Morgan fingerprint density at radius 1 is 1.07 bits per heavy atom. The number of ether oxygens (including phenoxy) is 1. The van der Waals surface area contributed by atoms with E-state index >= 15 is 0 Å². The lowest BCUT2D eigenvalue weighted by Crippen LogP contribution is -2.37. The van der Waals surface area contributed by atoms with Crippen LogP contribution in [0.25, 0.3) is 27.8 Å². The van der Waals surface area contributed by atoms with Gasteiger partial charge in [0.05, 0.1) is 30.6 Å². The molecular formula is C23H22N4O3. The van der Waals surface area contributed by atoms with Crippen LogP contribution in [0.2, 0.25) is 0 Å². The Kier molecular flexibility index (Phi) is 4.82. The fourth-order valence-corrected chi connectivity index (χ4v) is 4.05. The lowest BCUT2D eigenvalue weighted by molar-refractivity contribution is -0.594. The van der Waals surface area contributed by atoms with Gasteiger partial charge in [-0.2, -0.15) is 4.73 Å². The first-order valence-electron chi connectivity index (χ1n) is 9.98. The van der Waals surface area contributed by atoms with E-state index in [0.29, 0.717) is 17.8 Å². The maximum atomic E-state index is 13.0. The van der Waals surface area contributed by atoms with E-state index in [1.54, 1.807) is 29.2 Å². The highest BCUT2D eigenvalue weighted by atomic mass is 16.5. The van der Waals surface area contributed by atoms with E-state index in [1.807, 2.05) is 42.5 Å².